The van der Waals surface area contributed by atoms with Crippen LogP contribution in [-0.4, -0.2) is 38.1 Å². The molecule has 0 aliphatic heterocycles. The lowest BCUT2D eigenvalue weighted by molar-refractivity contribution is -0.136. The first kappa shape index (κ1) is 13.0. The lowest BCUT2D eigenvalue weighted by Crippen LogP contribution is -2.73. The molecule has 2 aliphatic carbocycles. The molecule has 2 fully saturated rings. The summed E-state index contributed by atoms with van der Waals surface area (Å²) in [6.07, 6.45) is 6.05. The molecule has 0 heterocycles. The summed E-state index contributed by atoms with van der Waals surface area (Å²) in [6, 6.07) is 0. The predicted octanol–water partition coefficient (Wildman–Crippen LogP) is 0.633. The van der Waals surface area contributed by atoms with Crippen molar-refractivity contribution in [3.63, 3.8) is 0 Å². The Hall–Kier alpha value is -0.450. The first-order chi connectivity index (χ1) is 8.15. The highest BCUT2D eigenvalue weighted by Gasteiger charge is 2.56. The Balaban J connectivity index is 2.39. The lowest BCUT2D eigenvalue weighted by atomic mass is 9.59. The van der Waals surface area contributed by atoms with Gasteiger partial charge in [0.2, 0.25) is 0 Å². The average molecular weight is 239 g/mol. The van der Waals surface area contributed by atoms with Crippen LogP contribution in [0.4, 0.5) is 0 Å². The van der Waals surface area contributed by atoms with Crippen molar-refractivity contribution in [1.29, 1.82) is 0 Å². The Kier molecular flexibility index (Phi) is 3.57. The SMILES string of the molecule is CNC1(NC)CCCC2(NC)C(=O)CCCC12. The molecule has 0 amide bonds. The smallest absolute Gasteiger partial charge is 0.153 e. The summed E-state index contributed by atoms with van der Waals surface area (Å²) >= 11 is 0. The molecule has 17 heavy (non-hydrogen) atoms. The summed E-state index contributed by atoms with van der Waals surface area (Å²) in [6.45, 7) is 0. The molecule has 2 unspecified atom stereocenters. The van der Waals surface area contributed by atoms with Gasteiger partial charge in [0.05, 0.1) is 11.2 Å². The van der Waals surface area contributed by atoms with Gasteiger partial charge in [0, 0.05) is 12.3 Å². The molecule has 2 rings (SSSR count). The number of carbonyl (C=O) groups excluding carboxylic acids is 1. The Labute approximate surface area is 104 Å². The van der Waals surface area contributed by atoms with E-state index in [0.29, 0.717) is 11.7 Å². The van der Waals surface area contributed by atoms with Crippen LogP contribution in [0.1, 0.15) is 38.5 Å². The van der Waals surface area contributed by atoms with Gasteiger partial charge in [-0.05, 0) is 53.2 Å². The molecule has 0 aromatic rings. The van der Waals surface area contributed by atoms with Gasteiger partial charge in [0.1, 0.15) is 0 Å². The van der Waals surface area contributed by atoms with Gasteiger partial charge in [-0.15, -0.1) is 0 Å². The highest BCUT2D eigenvalue weighted by Crippen LogP contribution is 2.45. The van der Waals surface area contributed by atoms with Crippen LogP contribution in [0.2, 0.25) is 0 Å². The van der Waals surface area contributed by atoms with Gasteiger partial charge in [-0.1, -0.05) is 0 Å². The Morgan fingerprint density at radius 3 is 2.35 bits per heavy atom. The van der Waals surface area contributed by atoms with E-state index in [1.54, 1.807) is 0 Å². The quantitative estimate of drug-likeness (QED) is 0.632. The molecule has 98 valence electrons. The maximum absolute atomic E-state index is 12.4. The average Bonchev–Trinajstić information content (AvgIpc) is 2.38. The van der Waals surface area contributed by atoms with Gasteiger partial charge in [0.25, 0.3) is 0 Å². The van der Waals surface area contributed by atoms with Gasteiger partial charge in [0.15, 0.2) is 5.78 Å². The van der Waals surface area contributed by atoms with Crippen molar-refractivity contribution in [2.75, 3.05) is 21.1 Å². The van der Waals surface area contributed by atoms with Gasteiger partial charge < -0.3 is 16.0 Å². The van der Waals surface area contributed by atoms with E-state index in [-0.39, 0.29) is 11.2 Å². The van der Waals surface area contributed by atoms with E-state index in [1.165, 1.54) is 0 Å². The molecule has 2 saturated carbocycles. The van der Waals surface area contributed by atoms with E-state index in [1.807, 2.05) is 21.1 Å². The van der Waals surface area contributed by atoms with Crippen molar-refractivity contribution in [1.82, 2.24) is 16.0 Å². The fraction of sp³-hybridized carbons (Fsp3) is 0.923. The van der Waals surface area contributed by atoms with Gasteiger partial charge >= 0.3 is 0 Å². The Bertz CT molecular complexity index is 301. The zero-order valence-electron chi connectivity index (χ0n) is 11.2. The summed E-state index contributed by atoms with van der Waals surface area (Å²) in [5, 5.41) is 10.2. The third-order valence-corrected chi connectivity index (χ3v) is 5.06. The first-order valence-corrected chi connectivity index (χ1v) is 6.75. The second-order valence-electron chi connectivity index (χ2n) is 5.41. The normalized spacial score (nSPS) is 36.6. The molecule has 2 aliphatic rings. The number of rotatable bonds is 3. The monoisotopic (exact) mass is 239 g/mol. The van der Waals surface area contributed by atoms with Crippen LogP contribution >= 0.6 is 0 Å². The number of fused-ring (bicyclic) bond motifs is 1. The summed E-state index contributed by atoms with van der Waals surface area (Å²) in [4.78, 5) is 12.4. The number of nitrogens with one attached hydrogen (secondary N) is 3. The van der Waals surface area contributed by atoms with Crippen molar-refractivity contribution in [2.45, 2.75) is 49.7 Å². The van der Waals surface area contributed by atoms with Gasteiger partial charge in [-0.3, -0.25) is 4.79 Å². The third kappa shape index (κ3) is 1.74. The number of hydrogen-bond donors (Lipinski definition) is 3. The maximum atomic E-state index is 12.4. The number of hydrogen-bond acceptors (Lipinski definition) is 4. The standard InChI is InChI=1S/C13H25N3O/c1-14-12-8-5-9-13(15-2,16-3)10(12)6-4-7-11(12)17/h10,14-16H,4-9H2,1-3H3. The molecule has 0 aromatic heterocycles. The minimum absolute atomic E-state index is 0.0860. The van der Waals surface area contributed by atoms with E-state index in [0.717, 1.165) is 38.5 Å². The zero-order valence-corrected chi connectivity index (χ0v) is 11.2. The summed E-state index contributed by atoms with van der Waals surface area (Å²) in [5.74, 6) is 0.760. The van der Waals surface area contributed by atoms with Crippen molar-refractivity contribution in [3.05, 3.63) is 0 Å². The molecule has 3 N–H and O–H groups in total. The maximum Gasteiger partial charge on any atom is 0.153 e. The van der Waals surface area contributed by atoms with Crippen molar-refractivity contribution >= 4 is 5.78 Å². The molecule has 0 aromatic carbocycles. The predicted molar refractivity (Wildman–Crippen MR) is 68.8 cm³/mol. The molecule has 0 saturated heterocycles. The molecule has 4 heteroatoms. The second kappa shape index (κ2) is 4.67. The van der Waals surface area contributed by atoms with E-state index in [4.69, 9.17) is 0 Å². The fourth-order valence-electron chi connectivity index (χ4n) is 4.09. The highest BCUT2D eigenvalue weighted by atomic mass is 16.1. The third-order valence-electron chi connectivity index (χ3n) is 5.06. The van der Waals surface area contributed by atoms with Crippen molar-refractivity contribution in [3.8, 4) is 0 Å². The number of carbonyl (C=O) groups is 1. The first-order valence-electron chi connectivity index (χ1n) is 6.75. The minimum Gasteiger partial charge on any atom is -0.308 e. The molecule has 4 nitrogen and oxygen atoms in total. The molecule has 0 bridgehead atoms. The van der Waals surface area contributed by atoms with E-state index < -0.39 is 0 Å². The zero-order chi connectivity index (χ0) is 12.5. The Morgan fingerprint density at radius 1 is 1.06 bits per heavy atom. The van der Waals surface area contributed by atoms with Crippen LogP contribution in [0.3, 0.4) is 0 Å². The Morgan fingerprint density at radius 2 is 1.76 bits per heavy atom. The number of likely N-dealkylation sites (N-methyl/N-ethyl adjacent to an activating group) is 1. The molecule has 0 spiro atoms. The van der Waals surface area contributed by atoms with Crippen molar-refractivity contribution < 1.29 is 4.79 Å². The van der Waals surface area contributed by atoms with Crippen LogP contribution in [0.5, 0.6) is 0 Å². The fourth-order valence-corrected chi connectivity index (χ4v) is 4.09. The van der Waals surface area contributed by atoms with E-state index >= 15 is 0 Å². The van der Waals surface area contributed by atoms with Crippen molar-refractivity contribution in [2.24, 2.45) is 5.92 Å². The lowest BCUT2D eigenvalue weighted by Gasteiger charge is -2.56. The second-order valence-corrected chi connectivity index (χ2v) is 5.41. The number of ketones is 1. The topological polar surface area (TPSA) is 53.2 Å². The highest BCUT2D eigenvalue weighted by molar-refractivity contribution is 5.90. The largest absolute Gasteiger partial charge is 0.308 e. The van der Waals surface area contributed by atoms with Gasteiger partial charge in [-0.25, -0.2) is 0 Å². The summed E-state index contributed by atoms with van der Waals surface area (Å²) in [5.41, 5.74) is -0.389. The molecular weight excluding hydrogens is 214 g/mol. The van der Waals surface area contributed by atoms with E-state index in [2.05, 4.69) is 16.0 Å². The molecule has 0 radical (unpaired) electrons. The van der Waals surface area contributed by atoms with Crippen LogP contribution in [0.15, 0.2) is 0 Å². The molecular formula is C13H25N3O. The van der Waals surface area contributed by atoms with Crippen LogP contribution in [-0.2, 0) is 4.79 Å². The van der Waals surface area contributed by atoms with Crippen LogP contribution in [0.25, 0.3) is 0 Å². The minimum atomic E-state index is -0.303. The summed E-state index contributed by atoms with van der Waals surface area (Å²) < 4.78 is 0. The van der Waals surface area contributed by atoms with Crippen LogP contribution < -0.4 is 16.0 Å². The summed E-state index contributed by atoms with van der Waals surface area (Å²) in [7, 11) is 5.94. The number of Topliss-reactive ketones (excluding diaryl/α,β-unsaturated/α-hetero) is 1. The van der Waals surface area contributed by atoms with Crippen LogP contribution in [0, 0.1) is 5.92 Å². The van der Waals surface area contributed by atoms with Gasteiger partial charge in [-0.2, -0.15) is 0 Å². The van der Waals surface area contributed by atoms with E-state index in [9.17, 15) is 4.79 Å². The molecule has 2 atom stereocenters.